The summed E-state index contributed by atoms with van der Waals surface area (Å²) in [6.07, 6.45) is 2.12. The van der Waals surface area contributed by atoms with Crippen molar-refractivity contribution in [2.24, 2.45) is 7.05 Å². The highest BCUT2D eigenvalue weighted by atomic mass is 35.5. The van der Waals surface area contributed by atoms with Gasteiger partial charge in [0.25, 0.3) is 0 Å². The smallest absolute Gasteiger partial charge is 0.0473 e. The highest BCUT2D eigenvalue weighted by Gasteiger charge is 2.18. The summed E-state index contributed by atoms with van der Waals surface area (Å²) < 4.78 is 2.21. The van der Waals surface area contributed by atoms with Crippen molar-refractivity contribution in [1.29, 1.82) is 0 Å². The number of aromatic nitrogens is 1. The van der Waals surface area contributed by atoms with E-state index in [9.17, 15) is 0 Å². The van der Waals surface area contributed by atoms with Crippen LogP contribution < -0.4 is 5.32 Å². The van der Waals surface area contributed by atoms with Crippen LogP contribution in [0.3, 0.4) is 0 Å². The van der Waals surface area contributed by atoms with Gasteiger partial charge in [-0.15, -0.1) is 24.8 Å². The Kier molecular flexibility index (Phi) is 7.07. The Bertz CT molecular complexity index is 295. The van der Waals surface area contributed by atoms with E-state index in [-0.39, 0.29) is 24.8 Å². The summed E-state index contributed by atoms with van der Waals surface area (Å²) in [6.45, 7) is 6.85. The van der Waals surface area contributed by atoms with Crippen LogP contribution in [0.15, 0.2) is 18.3 Å². The topological polar surface area (TPSA) is 20.2 Å². The highest BCUT2D eigenvalue weighted by Crippen LogP contribution is 2.19. The summed E-state index contributed by atoms with van der Waals surface area (Å²) in [7, 11) is 2.12. The molecule has 0 spiro atoms. The van der Waals surface area contributed by atoms with Crippen molar-refractivity contribution in [2.45, 2.75) is 13.0 Å². The molecule has 0 saturated carbocycles. The number of nitrogens with zero attached hydrogens (tertiary/aromatic N) is 2. The van der Waals surface area contributed by atoms with Crippen molar-refractivity contribution in [3.05, 3.63) is 24.0 Å². The second-order valence-corrected chi connectivity index (χ2v) is 4.01. The van der Waals surface area contributed by atoms with E-state index in [1.807, 2.05) is 0 Å². The van der Waals surface area contributed by atoms with Gasteiger partial charge < -0.3 is 9.88 Å². The Hall–Kier alpha value is -0.220. The Balaban J connectivity index is 0.00000112. The molecule has 1 aromatic rings. The van der Waals surface area contributed by atoms with Crippen LogP contribution in [0, 0.1) is 0 Å². The second kappa shape index (κ2) is 7.17. The van der Waals surface area contributed by atoms with Crippen LogP contribution in [0.2, 0.25) is 0 Å². The number of rotatable bonds is 2. The standard InChI is InChI=1S/C11H19N3.2ClH/c1-10(11-4-3-7-13(11)2)14-8-5-12-6-9-14;;/h3-4,7,10,12H,5-6,8-9H2,1-2H3;2*1H/t10-;;/m0../s1. The van der Waals surface area contributed by atoms with E-state index in [4.69, 9.17) is 0 Å². The monoisotopic (exact) mass is 265 g/mol. The third kappa shape index (κ3) is 3.39. The summed E-state index contributed by atoms with van der Waals surface area (Å²) in [6, 6.07) is 4.87. The fourth-order valence-corrected chi connectivity index (χ4v) is 2.16. The first kappa shape index (κ1) is 15.8. The lowest BCUT2D eigenvalue weighted by Crippen LogP contribution is -2.44. The molecule has 5 heteroatoms. The fourth-order valence-electron chi connectivity index (χ4n) is 2.16. The maximum atomic E-state index is 3.38. The predicted octanol–water partition coefficient (Wildman–Crippen LogP) is 1.83. The van der Waals surface area contributed by atoms with E-state index in [2.05, 4.69) is 47.1 Å². The lowest BCUT2D eigenvalue weighted by Gasteiger charge is -2.33. The van der Waals surface area contributed by atoms with Gasteiger partial charge in [0.2, 0.25) is 0 Å². The number of aryl methyl sites for hydroxylation is 1. The fraction of sp³-hybridized carbons (Fsp3) is 0.636. The molecule has 0 aromatic carbocycles. The quantitative estimate of drug-likeness (QED) is 0.881. The third-order valence-corrected chi connectivity index (χ3v) is 3.11. The molecule has 1 fully saturated rings. The molecule has 94 valence electrons. The van der Waals surface area contributed by atoms with Gasteiger partial charge in [0.05, 0.1) is 0 Å². The summed E-state index contributed by atoms with van der Waals surface area (Å²) in [5, 5.41) is 3.38. The summed E-state index contributed by atoms with van der Waals surface area (Å²) in [5.74, 6) is 0. The molecular weight excluding hydrogens is 245 g/mol. The van der Waals surface area contributed by atoms with Crippen LogP contribution in [0.1, 0.15) is 18.7 Å². The largest absolute Gasteiger partial charge is 0.353 e. The lowest BCUT2D eigenvalue weighted by atomic mass is 10.2. The van der Waals surface area contributed by atoms with Gasteiger partial charge in [-0.25, -0.2) is 0 Å². The van der Waals surface area contributed by atoms with Crippen LogP contribution >= 0.6 is 24.8 Å². The molecule has 1 aliphatic heterocycles. The van der Waals surface area contributed by atoms with E-state index < -0.39 is 0 Å². The summed E-state index contributed by atoms with van der Waals surface area (Å²) in [4.78, 5) is 2.53. The second-order valence-electron chi connectivity index (χ2n) is 4.01. The minimum absolute atomic E-state index is 0. The lowest BCUT2D eigenvalue weighted by molar-refractivity contribution is 0.180. The Morgan fingerprint density at radius 1 is 1.25 bits per heavy atom. The number of nitrogens with one attached hydrogen (secondary N) is 1. The zero-order valence-corrected chi connectivity index (χ0v) is 11.5. The normalized spacial score (nSPS) is 18.4. The van der Waals surface area contributed by atoms with Crippen LogP contribution in [-0.2, 0) is 7.05 Å². The van der Waals surface area contributed by atoms with Gasteiger partial charge in [-0.1, -0.05) is 0 Å². The average Bonchev–Trinajstić information content (AvgIpc) is 2.65. The van der Waals surface area contributed by atoms with Crippen LogP contribution in [0.5, 0.6) is 0 Å². The van der Waals surface area contributed by atoms with Crippen molar-refractivity contribution in [3.8, 4) is 0 Å². The third-order valence-electron chi connectivity index (χ3n) is 3.11. The van der Waals surface area contributed by atoms with Crippen LogP contribution in [0.4, 0.5) is 0 Å². The van der Waals surface area contributed by atoms with Crippen LogP contribution in [0.25, 0.3) is 0 Å². The molecule has 0 bridgehead atoms. The highest BCUT2D eigenvalue weighted by molar-refractivity contribution is 5.85. The summed E-state index contributed by atoms with van der Waals surface area (Å²) >= 11 is 0. The van der Waals surface area contributed by atoms with Crippen molar-refractivity contribution in [1.82, 2.24) is 14.8 Å². The van der Waals surface area contributed by atoms with Crippen molar-refractivity contribution in [3.63, 3.8) is 0 Å². The maximum absolute atomic E-state index is 3.38. The van der Waals surface area contributed by atoms with E-state index in [0.29, 0.717) is 6.04 Å². The van der Waals surface area contributed by atoms with Crippen molar-refractivity contribution >= 4 is 24.8 Å². The van der Waals surface area contributed by atoms with Gasteiger partial charge in [0, 0.05) is 51.2 Å². The van der Waals surface area contributed by atoms with Crippen LogP contribution in [-0.4, -0.2) is 35.6 Å². The van der Waals surface area contributed by atoms with Gasteiger partial charge in [0.15, 0.2) is 0 Å². The molecule has 0 radical (unpaired) electrons. The molecule has 1 saturated heterocycles. The number of halogens is 2. The Labute approximate surface area is 110 Å². The Morgan fingerprint density at radius 3 is 2.38 bits per heavy atom. The van der Waals surface area contributed by atoms with E-state index in [0.717, 1.165) is 26.2 Å². The molecule has 2 heterocycles. The molecule has 2 rings (SSSR count). The molecule has 3 nitrogen and oxygen atoms in total. The maximum Gasteiger partial charge on any atom is 0.0473 e. The van der Waals surface area contributed by atoms with Crippen molar-refractivity contribution < 1.29 is 0 Å². The number of hydrogen-bond acceptors (Lipinski definition) is 2. The van der Waals surface area contributed by atoms with E-state index in [1.54, 1.807) is 0 Å². The van der Waals surface area contributed by atoms with Gasteiger partial charge >= 0.3 is 0 Å². The van der Waals surface area contributed by atoms with E-state index in [1.165, 1.54) is 5.69 Å². The molecule has 0 unspecified atom stereocenters. The minimum atomic E-state index is 0. The predicted molar refractivity (Wildman–Crippen MR) is 72.8 cm³/mol. The molecule has 1 aliphatic rings. The Morgan fingerprint density at radius 2 is 1.88 bits per heavy atom. The SMILES string of the molecule is C[C@@H](c1cccn1C)N1CCNCC1.Cl.Cl. The molecule has 1 N–H and O–H groups in total. The molecule has 0 amide bonds. The van der Waals surface area contributed by atoms with Gasteiger partial charge in [0.1, 0.15) is 0 Å². The minimum Gasteiger partial charge on any atom is -0.353 e. The average molecular weight is 266 g/mol. The zero-order chi connectivity index (χ0) is 9.97. The molecule has 1 atom stereocenters. The number of piperazine rings is 1. The molecule has 1 aromatic heterocycles. The van der Waals surface area contributed by atoms with Gasteiger partial charge in [-0.2, -0.15) is 0 Å². The molecular formula is C11H21Cl2N3. The van der Waals surface area contributed by atoms with Gasteiger partial charge in [-0.05, 0) is 19.1 Å². The molecule has 16 heavy (non-hydrogen) atoms. The van der Waals surface area contributed by atoms with Crippen molar-refractivity contribution in [2.75, 3.05) is 26.2 Å². The first-order chi connectivity index (χ1) is 6.79. The summed E-state index contributed by atoms with van der Waals surface area (Å²) in [5.41, 5.74) is 1.41. The first-order valence-corrected chi connectivity index (χ1v) is 5.35. The van der Waals surface area contributed by atoms with Gasteiger partial charge in [-0.3, -0.25) is 4.90 Å². The first-order valence-electron chi connectivity index (χ1n) is 5.35. The number of hydrogen-bond donors (Lipinski definition) is 1. The zero-order valence-electron chi connectivity index (χ0n) is 9.85. The van der Waals surface area contributed by atoms with E-state index >= 15 is 0 Å². The molecule has 0 aliphatic carbocycles.